The van der Waals surface area contributed by atoms with Crippen molar-refractivity contribution in [3.63, 3.8) is 0 Å². The molecular weight excluding hydrogens is 379 g/mol. The Morgan fingerprint density at radius 2 is 1.73 bits per heavy atom. The molecular formula is C25H25FN2O2. The summed E-state index contributed by atoms with van der Waals surface area (Å²) >= 11 is 0. The van der Waals surface area contributed by atoms with Crippen molar-refractivity contribution in [2.45, 2.75) is 18.9 Å². The smallest absolute Gasteiger partial charge is 0.251 e. The van der Waals surface area contributed by atoms with Crippen molar-refractivity contribution in [1.82, 2.24) is 10.2 Å². The summed E-state index contributed by atoms with van der Waals surface area (Å²) in [5.41, 5.74) is 4.38. The highest BCUT2D eigenvalue weighted by Crippen LogP contribution is 2.33. The van der Waals surface area contributed by atoms with E-state index in [4.69, 9.17) is 4.74 Å². The minimum absolute atomic E-state index is 0.0183. The molecule has 0 bridgehead atoms. The molecule has 3 aromatic carbocycles. The van der Waals surface area contributed by atoms with Crippen molar-refractivity contribution in [2.75, 3.05) is 32.8 Å². The molecule has 30 heavy (non-hydrogen) atoms. The number of nitrogens with zero attached hydrogens (tertiary/aromatic N) is 1. The summed E-state index contributed by atoms with van der Waals surface area (Å²) in [7, 11) is 0. The van der Waals surface area contributed by atoms with Crippen molar-refractivity contribution in [1.29, 1.82) is 0 Å². The van der Waals surface area contributed by atoms with Crippen LogP contribution in [0, 0.1) is 5.82 Å². The van der Waals surface area contributed by atoms with Gasteiger partial charge in [0.05, 0.1) is 19.3 Å². The molecule has 1 aliphatic carbocycles. The number of rotatable bonds is 5. The molecule has 0 saturated carbocycles. The zero-order valence-electron chi connectivity index (χ0n) is 16.9. The van der Waals surface area contributed by atoms with Gasteiger partial charge in [-0.2, -0.15) is 0 Å². The molecule has 1 heterocycles. The Balaban J connectivity index is 1.39. The minimum Gasteiger partial charge on any atom is -0.379 e. The number of aryl methyl sites for hydroxylation is 2. The summed E-state index contributed by atoms with van der Waals surface area (Å²) in [4.78, 5) is 15.5. The number of halogens is 1. The lowest BCUT2D eigenvalue weighted by Crippen LogP contribution is -2.43. The molecule has 1 fully saturated rings. The Bertz CT molecular complexity index is 1060. The van der Waals surface area contributed by atoms with E-state index in [9.17, 15) is 9.18 Å². The largest absolute Gasteiger partial charge is 0.379 e. The van der Waals surface area contributed by atoms with Gasteiger partial charge >= 0.3 is 0 Å². The molecule has 0 radical (unpaired) electrons. The molecule has 1 saturated heterocycles. The highest BCUT2D eigenvalue weighted by Gasteiger charge is 2.24. The number of ether oxygens (including phenoxy) is 1. The molecule has 0 spiro atoms. The van der Waals surface area contributed by atoms with Gasteiger partial charge in [0, 0.05) is 25.2 Å². The number of nitrogens with one attached hydrogen (secondary N) is 1. The van der Waals surface area contributed by atoms with Crippen molar-refractivity contribution < 1.29 is 13.9 Å². The number of hydrogen-bond acceptors (Lipinski definition) is 3. The molecule has 1 atom stereocenters. The maximum Gasteiger partial charge on any atom is 0.251 e. The first-order valence-electron chi connectivity index (χ1n) is 10.6. The second kappa shape index (κ2) is 8.17. The zero-order valence-corrected chi connectivity index (χ0v) is 16.9. The molecule has 5 rings (SSSR count). The van der Waals surface area contributed by atoms with E-state index in [0.717, 1.165) is 42.4 Å². The highest BCUT2D eigenvalue weighted by molar-refractivity contribution is 6.09. The third-order valence-corrected chi connectivity index (χ3v) is 6.32. The predicted octanol–water partition coefficient (Wildman–Crippen LogP) is 3.88. The van der Waals surface area contributed by atoms with Gasteiger partial charge in [-0.25, -0.2) is 4.39 Å². The fourth-order valence-corrected chi connectivity index (χ4v) is 4.76. The molecule has 2 aliphatic rings. The molecule has 4 nitrogen and oxygen atoms in total. The fourth-order valence-electron chi connectivity index (χ4n) is 4.76. The lowest BCUT2D eigenvalue weighted by atomic mass is 9.99. The van der Waals surface area contributed by atoms with E-state index in [-0.39, 0.29) is 17.8 Å². The fraction of sp³-hybridized carbons (Fsp3) is 0.320. The van der Waals surface area contributed by atoms with E-state index in [1.54, 1.807) is 12.1 Å². The van der Waals surface area contributed by atoms with Crippen LogP contribution < -0.4 is 5.32 Å². The van der Waals surface area contributed by atoms with Gasteiger partial charge in [-0.15, -0.1) is 0 Å². The standard InChI is InChI=1S/C25H25FN2O2/c26-20-9-6-17(7-10-20)23(28-12-14-30-15-13-28)16-27-25(29)22-11-8-19-5-4-18-2-1-3-21(22)24(18)19/h1-3,6-11,23H,4-5,12-16H2,(H,27,29). The Hall–Kier alpha value is -2.76. The first kappa shape index (κ1) is 19.2. The number of hydrogen-bond donors (Lipinski definition) is 1. The molecule has 1 amide bonds. The van der Waals surface area contributed by atoms with Crippen LogP contribution in [-0.2, 0) is 17.6 Å². The van der Waals surface area contributed by atoms with Crippen LogP contribution in [0.25, 0.3) is 10.8 Å². The normalized spacial score (nSPS) is 17.2. The SMILES string of the molecule is O=C(NCC(c1ccc(F)cc1)N1CCOCC1)c1ccc2c3c(cccc13)CC2. The number of morpholine rings is 1. The third-order valence-electron chi connectivity index (χ3n) is 6.32. The number of carbonyl (C=O) groups excluding carboxylic acids is 1. The highest BCUT2D eigenvalue weighted by atomic mass is 19.1. The average molecular weight is 404 g/mol. The molecule has 0 aromatic heterocycles. The first-order chi connectivity index (χ1) is 14.7. The van der Waals surface area contributed by atoms with E-state index < -0.39 is 0 Å². The van der Waals surface area contributed by atoms with E-state index in [1.807, 2.05) is 18.2 Å². The van der Waals surface area contributed by atoms with Crippen molar-refractivity contribution >= 4 is 16.7 Å². The Morgan fingerprint density at radius 3 is 2.50 bits per heavy atom. The van der Waals surface area contributed by atoms with Gasteiger partial charge in [0.2, 0.25) is 0 Å². The van der Waals surface area contributed by atoms with E-state index in [0.29, 0.717) is 19.8 Å². The molecule has 1 aliphatic heterocycles. The summed E-state index contributed by atoms with van der Waals surface area (Å²) < 4.78 is 18.9. The van der Waals surface area contributed by atoms with Gasteiger partial charge < -0.3 is 10.1 Å². The van der Waals surface area contributed by atoms with Crippen LogP contribution in [0.2, 0.25) is 0 Å². The van der Waals surface area contributed by atoms with E-state index in [1.165, 1.54) is 28.6 Å². The summed E-state index contributed by atoms with van der Waals surface area (Å²) in [6, 6.07) is 16.8. The quantitative estimate of drug-likeness (QED) is 0.702. The Morgan fingerprint density at radius 1 is 1.00 bits per heavy atom. The first-order valence-corrected chi connectivity index (χ1v) is 10.6. The zero-order chi connectivity index (χ0) is 20.5. The van der Waals surface area contributed by atoms with Gasteiger partial charge in [-0.05, 0) is 58.5 Å². The van der Waals surface area contributed by atoms with Crippen LogP contribution in [0.3, 0.4) is 0 Å². The number of amides is 1. The Kier molecular flexibility index (Phi) is 5.23. The number of carbonyl (C=O) groups is 1. The predicted molar refractivity (Wildman–Crippen MR) is 115 cm³/mol. The van der Waals surface area contributed by atoms with Gasteiger partial charge in [-0.1, -0.05) is 36.4 Å². The van der Waals surface area contributed by atoms with Crippen LogP contribution in [0.1, 0.15) is 33.1 Å². The maximum absolute atomic E-state index is 13.4. The molecule has 1 N–H and O–H groups in total. The Labute approximate surface area is 175 Å². The van der Waals surface area contributed by atoms with Gasteiger partial charge in [0.1, 0.15) is 5.82 Å². The van der Waals surface area contributed by atoms with Crippen molar-refractivity contribution in [2.24, 2.45) is 0 Å². The van der Waals surface area contributed by atoms with Crippen LogP contribution in [-0.4, -0.2) is 43.7 Å². The second-order valence-electron chi connectivity index (χ2n) is 8.04. The average Bonchev–Trinajstić information content (AvgIpc) is 3.21. The summed E-state index contributed by atoms with van der Waals surface area (Å²) in [5, 5.41) is 5.42. The summed E-state index contributed by atoms with van der Waals surface area (Å²) in [5.74, 6) is -0.317. The van der Waals surface area contributed by atoms with Crippen molar-refractivity contribution in [3.8, 4) is 0 Å². The van der Waals surface area contributed by atoms with Crippen LogP contribution in [0.4, 0.5) is 4.39 Å². The summed E-state index contributed by atoms with van der Waals surface area (Å²) in [6.07, 6.45) is 2.09. The second-order valence-corrected chi connectivity index (χ2v) is 8.04. The molecule has 154 valence electrons. The summed E-state index contributed by atoms with van der Waals surface area (Å²) in [6.45, 7) is 3.38. The van der Waals surface area contributed by atoms with E-state index in [2.05, 4.69) is 22.3 Å². The van der Waals surface area contributed by atoms with Crippen LogP contribution in [0.15, 0.2) is 54.6 Å². The van der Waals surface area contributed by atoms with Crippen molar-refractivity contribution in [3.05, 3.63) is 82.7 Å². The maximum atomic E-state index is 13.4. The molecule has 1 unspecified atom stereocenters. The van der Waals surface area contributed by atoms with Gasteiger partial charge in [-0.3, -0.25) is 9.69 Å². The van der Waals surface area contributed by atoms with Crippen LogP contribution >= 0.6 is 0 Å². The molecule has 5 heteroatoms. The van der Waals surface area contributed by atoms with Gasteiger partial charge in [0.25, 0.3) is 5.91 Å². The van der Waals surface area contributed by atoms with Gasteiger partial charge in [0.15, 0.2) is 0 Å². The molecule has 3 aromatic rings. The number of benzene rings is 3. The monoisotopic (exact) mass is 404 g/mol. The topological polar surface area (TPSA) is 41.6 Å². The van der Waals surface area contributed by atoms with E-state index >= 15 is 0 Å². The third kappa shape index (κ3) is 3.59. The minimum atomic E-state index is -0.253. The van der Waals surface area contributed by atoms with Crippen LogP contribution in [0.5, 0.6) is 0 Å². The lowest BCUT2D eigenvalue weighted by Gasteiger charge is -2.35. The lowest BCUT2D eigenvalue weighted by molar-refractivity contribution is 0.0162.